The SMILES string of the molecule is CC(C)c1c(-c2nc(Cl)ncc2F)c(C(=O)O)nc2ccccc12. The highest BCUT2D eigenvalue weighted by atomic mass is 35.5. The van der Waals surface area contributed by atoms with Crippen molar-refractivity contribution < 1.29 is 14.3 Å². The molecule has 0 fully saturated rings. The normalized spacial score (nSPS) is 11.2. The minimum Gasteiger partial charge on any atom is -0.476 e. The largest absolute Gasteiger partial charge is 0.476 e. The van der Waals surface area contributed by atoms with Crippen LogP contribution in [0.2, 0.25) is 5.28 Å². The quantitative estimate of drug-likeness (QED) is 0.716. The van der Waals surface area contributed by atoms with Crippen LogP contribution in [0.3, 0.4) is 0 Å². The van der Waals surface area contributed by atoms with Crippen LogP contribution in [0.1, 0.15) is 35.8 Å². The second kappa shape index (κ2) is 6.13. The molecule has 3 rings (SSSR count). The molecule has 1 aromatic carbocycles. The second-order valence-corrected chi connectivity index (χ2v) is 5.90. The molecule has 0 aliphatic heterocycles. The summed E-state index contributed by atoms with van der Waals surface area (Å²) in [5.41, 5.74) is 0.910. The number of fused-ring (bicyclic) bond motifs is 1. The van der Waals surface area contributed by atoms with Crippen molar-refractivity contribution in [3.63, 3.8) is 0 Å². The number of aromatic nitrogens is 3. The van der Waals surface area contributed by atoms with Gasteiger partial charge in [0.25, 0.3) is 0 Å². The van der Waals surface area contributed by atoms with Crippen molar-refractivity contribution in [2.45, 2.75) is 19.8 Å². The number of carboxylic acids is 1. The molecule has 0 amide bonds. The lowest BCUT2D eigenvalue weighted by Gasteiger charge is -2.18. The molecule has 0 unspecified atom stereocenters. The van der Waals surface area contributed by atoms with E-state index in [1.54, 1.807) is 12.1 Å². The smallest absolute Gasteiger partial charge is 0.355 e. The molecule has 0 atom stereocenters. The van der Waals surface area contributed by atoms with Crippen LogP contribution in [0.15, 0.2) is 30.5 Å². The van der Waals surface area contributed by atoms with E-state index in [1.807, 2.05) is 26.0 Å². The van der Waals surface area contributed by atoms with Crippen molar-refractivity contribution in [3.8, 4) is 11.3 Å². The Morgan fingerprint density at radius 3 is 2.62 bits per heavy atom. The Hall–Kier alpha value is -2.60. The minimum atomic E-state index is -1.26. The van der Waals surface area contributed by atoms with Crippen LogP contribution >= 0.6 is 11.6 Å². The first kappa shape index (κ1) is 16.3. The number of pyridine rings is 1. The number of carbonyl (C=O) groups is 1. The topological polar surface area (TPSA) is 76.0 Å². The summed E-state index contributed by atoms with van der Waals surface area (Å²) in [6, 6.07) is 7.14. The molecule has 0 saturated carbocycles. The molecule has 0 spiro atoms. The molecular formula is C17H13ClFN3O2. The fourth-order valence-electron chi connectivity index (χ4n) is 2.75. The summed E-state index contributed by atoms with van der Waals surface area (Å²) in [5, 5.41) is 10.2. The van der Waals surface area contributed by atoms with Gasteiger partial charge < -0.3 is 5.11 Å². The van der Waals surface area contributed by atoms with Crippen LogP contribution in [-0.2, 0) is 0 Å². The van der Waals surface area contributed by atoms with E-state index in [0.717, 1.165) is 11.6 Å². The van der Waals surface area contributed by atoms with Gasteiger partial charge in [-0.05, 0) is 29.1 Å². The Morgan fingerprint density at radius 2 is 1.96 bits per heavy atom. The Bertz CT molecular complexity index is 960. The Labute approximate surface area is 142 Å². The summed E-state index contributed by atoms with van der Waals surface area (Å²) in [5.74, 6) is -2.09. The Kier molecular flexibility index (Phi) is 4.15. The number of nitrogens with zero attached hydrogens (tertiary/aromatic N) is 3. The number of hydrogen-bond donors (Lipinski definition) is 1. The zero-order valence-electron chi connectivity index (χ0n) is 12.9. The molecule has 5 nitrogen and oxygen atoms in total. The highest BCUT2D eigenvalue weighted by Gasteiger charge is 2.26. The molecule has 2 aromatic heterocycles. The zero-order chi connectivity index (χ0) is 17.4. The van der Waals surface area contributed by atoms with Gasteiger partial charge in [-0.2, -0.15) is 0 Å². The molecule has 0 saturated heterocycles. The van der Waals surface area contributed by atoms with Crippen LogP contribution in [0.5, 0.6) is 0 Å². The maximum Gasteiger partial charge on any atom is 0.355 e. The second-order valence-electron chi connectivity index (χ2n) is 5.56. The first-order valence-corrected chi connectivity index (χ1v) is 7.62. The Morgan fingerprint density at radius 1 is 1.25 bits per heavy atom. The van der Waals surface area contributed by atoms with Crippen LogP contribution in [0.4, 0.5) is 4.39 Å². The molecule has 2 heterocycles. The number of halogens is 2. The van der Waals surface area contributed by atoms with Gasteiger partial charge in [0, 0.05) is 10.9 Å². The van der Waals surface area contributed by atoms with Crippen LogP contribution < -0.4 is 0 Å². The molecule has 122 valence electrons. The van der Waals surface area contributed by atoms with E-state index < -0.39 is 11.8 Å². The molecule has 24 heavy (non-hydrogen) atoms. The number of benzene rings is 1. The average Bonchev–Trinajstić information content (AvgIpc) is 2.55. The average molecular weight is 346 g/mol. The van der Waals surface area contributed by atoms with Gasteiger partial charge in [0.1, 0.15) is 5.69 Å². The fourth-order valence-corrected chi connectivity index (χ4v) is 2.89. The van der Waals surface area contributed by atoms with E-state index in [9.17, 15) is 14.3 Å². The number of para-hydroxylation sites is 1. The number of aromatic carboxylic acids is 1. The lowest BCUT2D eigenvalue weighted by Crippen LogP contribution is -2.10. The number of hydrogen-bond acceptors (Lipinski definition) is 4. The molecule has 7 heteroatoms. The van der Waals surface area contributed by atoms with Gasteiger partial charge in [0.15, 0.2) is 11.5 Å². The zero-order valence-corrected chi connectivity index (χ0v) is 13.7. The summed E-state index contributed by atoms with van der Waals surface area (Å²) in [7, 11) is 0. The van der Waals surface area contributed by atoms with Crippen molar-refractivity contribution in [3.05, 3.63) is 52.8 Å². The van der Waals surface area contributed by atoms with Crippen molar-refractivity contribution >= 4 is 28.5 Å². The molecule has 0 aliphatic rings. The van der Waals surface area contributed by atoms with E-state index in [2.05, 4.69) is 15.0 Å². The van der Waals surface area contributed by atoms with Crippen LogP contribution in [0, 0.1) is 5.82 Å². The maximum absolute atomic E-state index is 14.3. The van der Waals surface area contributed by atoms with Gasteiger partial charge in [-0.15, -0.1) is 0 Å². The van der Waals surface area contributed by atoms with Gasteiger partial charge >= 0.3 is 5.97 Å². The van der Waals surface area contributed by atoms with Crippen molar-refractivity contribution in [2.75, 3.05) is 0 Å². The summed E-state index contributed by atoms with van der Waals surface area (Å²) in [4.78, 5) is 23.4. The monoisotopic (exact) mass is 345 g/mol. The number of carboxylic acid groups (broad SMARTS) is 1. The van der Waals surface area contributed by atoms with Gasteiger partial charge in [0.2, 0.25) is 5.28 Å². The van der Waals surface area contributed by atoms with Gasteiger partial charge in [-0.1, -0.05) is 32.0 Å². The van der Waals surface area contributed by atoms with Crippen molar-refractivity contribution in [1.29, 1.82) is 0 Å². The van der Waals surface area contributed by atoms with E-state index >= 15 is 0 Å². The third-order valence-electron chi connectivity index (χ3n) is 3.66. The van der Waals surface area contributed by atoms with Gasteiger partial charge in [-0.25, -0.2) is 24.1 Å². The van der Waals surface area contributed by atoms with Gasteiger partial charge in [0.05, 0.1) is 11.7 Å². The fraction of sp³-hybridized carbons (Fsp3) is 0.176. The van der Waals surface area contributed by atoms with E-state index in [1.165, 1.54) is 0 Å². The van der Waals surface area contributed by atoms with Crippen molar-refractivity contribution in [2.24, 2.45) is 0 Å². The summed E-state index contributed by atoms with van der Waals surface area (Å²) in [6.45, 7) is 3.80. The lowest BCUT2D eigenvalue weighted by molar-refractivity contribution is 0.0691. The Balaban J connectivity index is 2.53. The standard InChI is InChI=1S/C17H13ClFN3O2/c1-8(2)12-9-5-3-4-6-11(9)21-15(16(23)24)13(12)14-10(19)7-20-17(18)22-14/h3-8H,1-2H3,(H,23,24). The van der Waals surface area contributed by atoms with Crippen LogP contribution in [-0.4, -0.2) is 26.0 Å². The van der Waals surface area contributed by atoms with E-state index in [0.29, 0.717) is 11.1 Å². The van der Waals surface area contributed by atoms with Crippen LogP contribution in [0.25, 0.3) is 22.2 Å². The number of rotatable bonds is 3. The first-order chi connectivity index (χ1) is 11.4. The third kappa shape index (κ3) is 2.69. The minimum absolute atomic E-state index is 0.0841. The van der Waals surface area contributed by atoms with E-state index in [4.69, 9.17) is 11.6 Å². The summed E-state index contributed by atoms with van der Waals surface area (Å²) < 4.78 is 14.3. The molecule has 3 aromatic rings. The first-order valence-electron chi connectivity index (χ1n) is 7.24. The lowest BCUT2D eigenvalue weighted by atomic mass is 9.90. The molecular weight excluding hydrogens is 333 g/mol. The van der Waals surface area contributed by atoms with E-state index in [-0.39, 0.29) is 28.2 Å². The molecule has 0 radical (unpaired) electrons. The highest BCUT2D eigenvalue weighted by Crippen LogP contribution is 2.37. The maximum atomic E-state index is 14.3. The highest BCUT2D eigenvalue weighted by molar-refractivity contribution is 6.28. The molecule has 1 N–H and O–H groups in total. The molecule has 0 bridgehead atoms. The van der Waals surface area contributed by atoms with Gasteiger partial charge in [-0.3, -0.25) is 0 Å². The summed E-state index contributed by atoms with van der Waals surface area (Å²) >= 11 is 5.79. The third-order valence-corrected chi connectivity index (χ3v) is 3.85. The summed E-state index contributed by atoms with van der Waals surface area (Å²) in [6.07, 6.45) is 0.926. The molecule has 0 aliphatic carbocycles. The van der Waals surface area contributed by atoms with Crippen molar-refractivity contribution in [1.82, 2.24) is 15.0 Å². The predicted molar refractivity (Wildman–Crippen MR) is 88.8 cm³/mol. The predicted octanol–water partition coefficient (Wildman–Crippen LogP) is 4.31.